The molecule has 234 valence electrons. The fourth-order valence-corrected chi connectivity index (χ4v) is 5.82. The molecule has 0 N–H and O–H groups in total. The van der Waals surface area contributed by atoms with Crippen LogP contribution in [0.25, 0.3) is 0 Å². The molecule has 2 unspecified atom stereocenters. The number of likely N-dealkylation sites (tertiary alicyclic amines) is 1. The molecular formula is C30H34F6N4O3. The molecule has 2 aromatic carbocycles. The van der Waals surface area contributed by atoms with E-state index in [1.807, 2.05) is 11.8 Å². The molecule has 2 aromatic rings. The molecule has 2 atom stereocenters. The Bertz CT molecular complexity index is 1290. The van der Waals surface area contributed by atoms with Gasteiger partial charge in [0.05, 0.1) is 11.1 Å². The number of halogens is 6. The third-order valence-corrected chi connectivity index (χ3v) is 8.19. The number of alkyl halides is 6. The van der Waals surface area contributed by atoms with Gasteiger partial charge in [-0.25, -0.2) is 4.79 Å². The number of carbonyl (C=O) groups excluding carboxylic acids is 3. The number of nitrogens with zero attached hydrogens (tertiary/aromatic N) is 4. The van der Waals surface area contributed by atoms with Gasteiger partial charge in [-0.2, -0.15) is 26.3 Å². The van der Waals surface area contributed by atoms with Crippen molar-refractivity contribution in [3.05, 3.63) is 70.8 Å². The number of carbonyl (C=O) groups is 3. The fourth-order valence-electron chi connectivity index (χ4n) is 5.82. The summed E-state index contributed by atoms with van der Waals surface area (Å²) in [7, 11) is 2.94. The summed E-state index contributed by atoms with van der Waals surface area (Å²) >= 11 is 0. The van der Waals surface area contributed by atoms with Gasteiger partial charge in [0.15, 0.2) is 0 Å². The summed E-state index contributed by atoms with van der Waals surface area (Å²) in [5.74, 6) is -0.579. The van der Waals surface area contributed by atoms with Crippen LogP contribution in [-0.4, -0.2) is 83.3 Å². The number of piperidine rings is 1. The van der Waals surface area contributed by atoms with Crippen LogP contribution in [0.15, 0.2) is 48.5 Å². The second kappa shape index (κ2) is 12.6. The number of benzene rings is 2. The number of hydrogen-bond donors (Lipinski definition) is 0. The van der Waals surface area contributed by atoms with Crippen LogP contribution in [0.3, 0.4) is 0 Å². The van der Waals surface area contributed by atoms with E-state index in [4.69, 9.17) is 0 Å². The smallest absolute Gasteiger partial charge is 0.344 e. The average Bonchev–Trinajstić information content (AvgIpc) is 2.95. The lowest BCUT2D eigenvalue weighted by atomic mass is 9.95. The second-order valence-electron chi connectivity index (χ2n) is 11.2. The van der Waals surface area contributed by atoms with Crippen molar-refractivity contribution in [1.82, 2.24) is 19.6 Å². The van der Waals surface area contributed by atoms with Crippen LogP contribution < -0.4 is 0 Å². The van der Waals surface area contributed by atoms with E-state index in [0.29, 0.717) is 43.6 Å². The average molecular weight is 613 g/mol. The number of amides is 4. The summed E-state index contributed by atoms with van der Waals surface area (Å²) in [6.07, 6.45) is -8.77. The normalized spacial score (nSPS) is 20.0. The monoisotopic (exact) mass is 612 g/mol. The van der Waals surface area contributed by atoms with Gasteiger partial charge in [-0.3, -0.25) is 19.4 Å². The zero-order chi connectivity index (χ0) is 31.7. The van der Waals surface area contributed by atoms with Gasteiger partial charge in [0, 0.05) is 52.2 Å². The van der Waals surface area contributed by atoms with Crippen LogP contribution in [0.1, 0.15) is 54.5 Å². The lowest BCUT2D eigenvalue weighted by molar-refractivity contribution is -0.143. The molecule has 0 bridgehead atoms. The Hall–Kier alpha value is -3.61. The third kappa shape index (κ3) is 7.31. The molecule has 43 heavy (non-hydrogen) atoms. The van der Waals surface area contributed by atoms with Crippen molar-refractivity contribution < 1.29 is 40.7 Å². The lowest BCUT2D eigenvalue weighted by Crippen LogP contribution is -2.60. The molecule has 4 amide bonds. The Balaban J connectivity index is 1.49. The van der Waals surface area contributed by atoms with Crippen molar-refractivity contribution >= 4 is 17.8 Å². The van der Waals surface area contributed by atoms with Crippen molar-refractivity contribution in [2.75, 3.05) is 33.7 Å². The Morgan fingerprint density at radius 1 is 0.953 bits per heavy atom. The maximum atomic E-state index is 13.8. The molecule has 2 aliphatic heterocycles. The molecule has 13 heteroatoms. The predicted molar refractivity (Wildman–Crippen MR) is 146 cm³/mol. The summed E-state index contributed by atoms with van der Waals surface area (Å²) in [5.41, 5.74) is -2.27. The van der Waals surface area contributed by atoms with Crippen LogP contribution in [0, 0.1) is 0 Å². The maximum Gasteiger partial charge on any atom is 0.416 e. The highest BCUT2D eigenvalue weighted by molar-refractivity contribution is 5.97. The topological polar surface area (TPSA) is 64.2 Å². The van der Waals surface area contributed by atoms with Crippen molar-refractivity contribution in [1.29, 1.82) is 0 Å². The summed E-state index contributed by atoms with van der Waals surface area (Å²) in [5, 5.41) is 0. The van der Waals surface area contributed by atoms with Crippen LogP contribution in [0.4, 0.5) is 31.1 Å². The molecule has 0 aliphatic carbocycles. The van der Waals surface area contributed by atoms with Crippen LogP contribution >= 0.6 is 0 Å². The van der Waals surface area contributed by atoms with E-state index in [0.717, 1.165) is 4.90 Å². The molecule has 0 aromatic heterocycles. The Morgan fingerprint density at radius 2 is 1.51 bits per heavy atom. The largest absolute Gasteiger partial charge is 0.416 e. The molecule has 0 saturated carbocycles. The number of urea groups is 1. The minimum atomic E-state index is -4.95. The molecule has 4 rings (SSSR count). The predicted octanol–water partition coefficient (Wildman–Crippen LogP) is 5.60. The molecule has 0 spiro atoms. The molecule has 2 saturated heterocycles. The van der Waals surface area contributed by atoms with Gasteiger partial charge in [0.1, 0.15) is 6.04 Å². The van der Waals surface area contributed by atoms with Gasteiger partial charge in [-0.1, -0.05) is 30.3 Å². The summed E-state index contributed by atoms with van der Waals surface area (Å²) in [6.45, 7) is 2.65. The summed E-state index contributed by atoms with van der Waals surface area (Å²) in [6, 6.07) is 8.94. The number of hydrogen-bond acceptors (Lipinski definition) is 4. The minimum Gasteiger partial charge on any atom is -0.344 e. The number of likely N-dealkylation sites (N-methyl/N-ethyl adjacent to an activating group) is 1. The molecule has 2 fully saturated rings. The quantitative estimate of drug-likeness (QED) is 0.382. The van der Waals surface area contributed by atoms with E-state index < -0.39 is 29.5 Å². The van der Waals surface area contributed by atoms with Crippen molar-refractivity contribution in [3.8, 4) is 0 Å². The van der Waals surface area contributed by atoms with Crippen molar-refractivity contribution in [2.24, 2.45) is 0 Å². The van der Waals surface area contributed by atoms with E-state index in [9.17, 15) is 40.7 Å². The Kier molecular flexibility index (Phi) is 9.43. The Labute approximate surface area is 246 Å². The van der Waals surface area contributed by atoms with Gasteiger partial charge < -0.3 is 9.80 Å². The zero-order valence-corrected chi connectivity index (χ0v) is 24.1. The first kappa shape index (κ1) is 32.3. The number of imide groups is 1. The molecular weight excluding hydrogens is 578 g/mol. The highest BCUT2D eigenvalue weighted by atomic mass is 19.4. The molecule has 7 nitrogen and oxygen atoms in total. The van der Waals surface area contributed by atoms with Gasteiger partial charge >= 0.3 is 18.4 Å². The van der Waals surface area contributed by atoms with Crippen molar-refractivity contribution in [3.63, 3.8) is 0 Å². The molecule has 2 aliphatic rings. The standard InChI is InChI=1S/C30H34F6N4O3/c1-19-15-25(41)38(3)28(43)40(19)24-10-13-39(14-11-24)26(21-7-5-4-6-8-21)27(42)37(2)12-9-20-16-22(29(31,32)33)18-23(17-20)30(34,35)36/h4-8,16-19,24,26H,9-15H2,1-3H3. The zero-order valence-electron chi connectivity index (χ0n) is 24.1. The van der Waals surface area contributed by atoms with Gasteiger partial charge in [-0.15, -0.1) is 0 Å². The molecule has 2 heterocycles. The second-order valence-corrected chi connectivity index (χ2v) is 11.2. The summed E-state index contributed by atoms with van der Waals surface area (Å²) in [4.78, 5) is 44.9. The lowest BCUT2D eigenvalue weighted by Gasteiger charge is -2.46. The van der Waals surface area contributed by atoms with Crippen LogP contribution in [0.2, 0.25) is 0 Å². The third-order valence-electron chi connectivity index (χ3n) is 8.19. The van der Waals surface area contributed by atoms with E-state index in [-0.39, 0.29) is 60.9 Å². The molecule has 0 radical (unpaired) electrons. The van der Waals surface area contributed by atoms with E-state index in [1.54, 1.807) is 35.2 Å². The van der Waals surface area contributed by atoms with E-state index in [1.165, 1.54) is 19.0 Å². The first-order chi connectivity index (χ1) is 20.1. The fraction of sp³-hybridized carbons (Fsp3) is 0.500. The SMILES string of the molecule is CC1CC(=O)N(C)C(=O)N1C1CCN(C(C(=O)N(C)CCc2cc(C(F)(F)F)cc(C(F)(F)F)c2)c2ccccc2)CC1. The van der Waals surface area contributed by atoms with Gasteiger partial charge in [-0.05, 0) is 55.5 Å². The van der Waals surface area contributed by atoms with Gasteiger partial charge in [0.25, 0.3) is 0 Å². The minimum absolute atomic E-state index is 0.0848. The Morgan fingerprint density at radius 3 is 2.05 bits per heavy atom. The highest BCUT2D eigenvalue weighted by Gasteiger charge is 2.41. The first-order valence-corrected chi connectivity index (χ1v) is 14.0. The summed E-state index contributed by atoms with van der Waals surface area (Å²) < 4.78 is 79.9. The van der Waals surface area contributed by atoms with Gasteiger partial charge in [0.2, 0.25) is 11.8 Å². The van der Waals surface area contributed by atoms with E-state index >= 15 is 0 Å². The van der Waals surface area contributed by atoms with E-state index in [2.05, 4.69) is 0 Å². The maximum absolute atomic E-state index is 13.8. The van der Waals surface area contributed by atoms with Crippen LogP contribution in [-0.2, 0) is 28.4 Å². The van der Waals surface area contributed by atoms with Crippen LogP contribution in [0.5, 0.6) is 0 Å². The number of rotatable bonds is 7. The first-order valence-electron chi connectivity index (χ1n) is 14.0. The van der Waals surface area contributed by atoms with Crippen molar-refractivity contribution in [2.45, 2.75) is 63.1 Å². The highest BCUT2D eigenvalue weighted by Crippen LogP contribution is 2.37.